The standard InChI is InChI=1S/C25H37N5/c1-3-26-25(27-15-18-30-17-10-16-29(2)19-20-30)28-21-24(22-11-6-4-7-12-22)23-13-8-5-9-14-23/h4-9,11-14,24H,3,10,15-21H2,1-2H3,(H2,26,27,28). The number of guanidine groups is 1. The second kappa shape index (κ2) is 12.4. The molecule has 30 heavy (non-hydrogen) atoms. The molecule has 0 radical (unpaired) electrons. The van der Waals surface area contributed by atoms with Crippen molar-refractivity contribution in [2.24, 2.45) is 4.99 Å². The van der Waals surface area contributed by atoms with Crippen LogP contribution >= 0.6 is 0 Å². The second-order valence-electron chi connectivity index (χ2n) is 8.02. The van der Waals surface area contributed by atoms with Crippen molar-refractivity contribution in [2.75, 3.05) is 59.4 Å². The van der Waals surface area contributed by atoms with Gasteiger partial charge in [-0.25, -0.2) is 0 Å². The zero-order chi connectivity index (χ0) is 21.0. The average molecular weight is 408 g/mol. The summed E-state index contributed by atoms with van der Waals surface area (Å²) in [5, 5.41) is 6.95. The number of nitrogens with one attached hydrogen (secondary N) is 2. The van der Waals surface area contributed by atoms with Crippen molar-refractivity contribution in [1.29, 1.82) is 0 Å². The summed E-state index contributed by atoms with van der Waals surface area (Å²) in [6.45, 7) is 10.4. The summed E-state index contributed by atoms with van der Waals surface area (Å²) in [5.74, 6) is 1.16. The van der Waals surface area contributed by atoms with Crippen LogP contribution in [-0.4, -0.2) is 75.2 Å². The molecule has 1 heterocycles. The third-order valence-corrected chi connectivity index (χ3v) is 5.71. The quantitative estimate of drug-likeness (QED) is 0.522. The van der Waals surface area contributed by atoms with Crippen LogP contribution in [0.25, 0.3) is 0 Å². The molecular formula is C25H37N5. The number of rotatable bonds is 8. The maximum absolute atomic E-state index is 4.95. The summed E-state index contributed by atoms with van der Waals surface area (Å²) in [5.41, 5.74) is 2.61. The Hall–Kier alpha value is -2.37. The highest BCUT2D eigenvalue weighted by Crippen LogP contribution is 2.24. The van der Waals surface area contributed by atoms with Gasteiger partial charge in [0.1, 0.15) is 0 Å². The predicted molar refractivity (Wildman–Crippen MR) is 127 cm³/mol. The van der Waals surface area contributed by atoms with Gasteiger partial charge < -0.3 is 20.4 Å². The summed E-state index contributed by atoms with van der Waals surface area (Å²) < 4.78 is 0. The molecule has 0 saturated carbocycles. The van der Waals surface area contributed by atoms with E-state index >= 15 is 0 Å². The molecule has 2 N–H and O–H groups in total. The average Bonchev–Trinajstić information content (AvgIpc) is 2.99. The maximum Gasteiger partial charge on any atom is 0.191 e. The van der Waals surface area contributed by atoms with E-state index in [0.29, 0.717) is 0 Å². The Morgan fingerprint density at radius 2 is 1.57 bits per heavy atom. The van der Waals surface area contributed by atoms with Gasteiger partial charge in [0.2, 0.25) is 0 Å². The number of likely N-dealkylation sites (N-methyl/N-ethyl adjacent to an activating group) is 1. The van der Waals surface area contributed by atoms with Crippen LogP contribution in [0.15, 0.2) is 65.7 Å². The lowest BCUT2D eigenvalue weighted by Crippen LogP contribution is -2.42. The molecule has 0 unspecified atom stereocenters. The molecule has 0 aromatic heterocycles. The molecule has 2 aromatic carbocycles. The Labute approximate surface area is 182 Å². The molecule has 5 nitrogen and oxygen atoms in total. The van der Waals surface area contributed by atoms with E-state index in [9.17, 15) is 0 Å². The first-order chi connectivity index (χ1) is 14.8. The van der Waals surface area contributed by atoms with E-state index in [1.165, 1.54) is 30.6 Å². The van der Waals surface area contributed by atoms with Crippen molar-refractivity contribution < 1.29 is 0 Å². The molecule has 1 aliphatic rings. The maximum atomic E-state index is 4.95. The lowest BCUT2D eigenvalue weighted by Gasteiger charge is -2.21. The van der Waals surface area contributed by atoms with Crippen LogP contribution in [-0.2, 0) is 0 Å². The summed E-state index contributed by atoms with van der Waals surface area (Å²) in [7, 11) is 2.22. The molecule has 0 bridgehead atoms. The minimum atomic E-state index is 0.254. The summed E-state index contributed by atoms with van der Waals surface area (Å²) in [6.07, 6.45) is 1.25. The molecule has 0 aliphatic carbocycles. The van der Waals surface area contributed by atoms with Crippen molar-refractivity contribution in [2.45, 2.75) is 19.3 Å². The van der Waals surface area contributed by atoms with E-state index in [2.05, 4.69) is 95.1 Å². The Bertz CT molecular complexity index is 707. The van der Waals surface area contributed by atoms with Crippen molar-refractivity contribution in [3.63, 3.8) is 0 Å². The minimum absolute atomic E-state index is 0.254. The van der Waals surface area contributed by atoms with E-state index in [1.54, 1.807) is 0 Å². The van der Waals surface area contributed by atoms with Gasteiger partial charge in [0.15, 0.2) is 5.96 Å². The highest BCUT2D eigenvalue weighted by atomic mass is 15.2. The van der Waals surface area contributed by atoms with Crippen LogP contribution < -0.4 is 10.6 Å². The largest absolute Gasteiger partial charge is 0.357 e. The fourth-order valence-corrected chi connectivity index (χ4v) is 3.95. The van der Waals surface area contributed by atoms with Crippen molar-refractivity contribution >= 4 is 5.96 Å². The zero-order valence-corrected chi connectivity index (χ0v) is 18.6. The Morgan fingerprint density at radius 1 is 0.900 bits per heavy atom. The normalized spacial score (nSPS) is 16.4. The second-order valence-corrected chi connectivity index (χ2v) is 8.02. The van der Waals surface area contributed by atoms with Gasteiger partial charge in [0, 0.05) is 38.6 Å². The van der Waals surface area contributed by atoms with E-state index in [0.717, 1.165) is 45.2 Å². The molecular weight excluding hydrogens is 370 g/mol. The topological polar surface area (TPSA) is 42.9 Å². The Balaban J connectivity index is 1.61. The minimum Gasteiger partial charge on any atom is -0.357 e. The smallest absolute Gasteiger partial charge is 0.191 e. The van der Waals surface area contributed by atoms with E-state index in [1.807, 2.05) is 0 Å². The summed E-state index contributed by atoms with van der Waals surface area (Å²) in [6, 6.07) is 21.4. The number of benzene rings is 2. The Morgan fingerprint density at radius 3 is 2.20 bits per heavy atom. The lowest BCUT2D eigenvalue weighted by atomic mass is 9.91. The molecule has 0 atom stereocenters. The Kier molecular flexibility index (Phi) is 9.19. The van der Waals surface area contributed by atoms with E-state index in [4.69, 9.17) is 4.99 Å². The molecule has 3 rings (SSSR count). The zero-order valence-electron chi connectivity index (χ0n) is 18.6. The molecule has 0 amide bonds. The fraction of sp³-hybridized carbons (Fsp3) is 0.480. The molecule has 1 fully saturated rings. The fourth-order valence-electron chi connectivity index (χ4n) is 3.95. The monoisotopic (exact) mass is 407 g/mol. The van der Waals surface area contributed by atoms with Crippen molar-refractivity contribution in [3.05, 3.63) is 71.8 Å². The molecule has 1 aliphatic heterocycles. The first-order valence-electron chi connectivity index (χ1n) is 11.3. The number of nitrogens with zero attached hydrogens (tertiary/aromatic N) is 3. The van der Waals surface area contributed by atoms with Crippen molar-refractivity contribution in [1.82, 2.24) is 20.4 Å². The van der Waals surface area contributed by atoms with E-state index < -0.39 is 0 Å². The van der Waals surface area contributed by atoms with Crippen LogP contribution in [0.2, 0.25) is 0 Å². The highest BCUT2D eigenvalue weighted by Gasteiger charge is 2.14. The van der Waals surface area contributed by atoms with Crippen LogP contribution in [0.4, 0.5) is 0 Å². The van der Waals surface area contributed by atoms with Gasteiger partial charge in [-0.05, 0) is 44.6 Å². The SMILES string of the molecule is CCNC(=NCC(c1ccccc1)c1ccccc1)NCCN1CCCN(C)CC1. The van der Waals surface area contributed by atoms with E-state index in [-0.39, 0.29) is 5.92 Å². The van der Waals surface area contributed by atoms with Crippen LogP contribution in [0.3, 0.4) is 0 Å². The third kappa shape index (κ3) is 7.15. The summed E-state index contributed by atoms with van der Waals surface area (Å²) in [4.78, 5) is 9.92. The molecule has 162 valence electrons. The number of aliphatic imine (C=N–C) groups is 1. The van der Waals surface area contributed by atoms with Gasteiger partial charge in [-0.15, -0.1) is 0 Å². The third-order valence-electron chi connectivity index (χ3n) is 5.71. The van der Waals surface area contributed by atoms with Gasteiger partial charge in [0.05, 0.1) is 6.54 Å². The highest BCUT2D eigenvalue weighted by molar-refractivity contribution is 5.79. The van der Waals surface area contributed by atoms with Crippen LogP contribution in [0.1, 0.15) is 30.4 Å². The van der Waals surface area contributed by atoms with Gasteiger partial charge in [-0.3, -0.25) is 4.99 Å². The molecule has 0 spiro atoms. The molecule has 1 saturated heterocycles. The van der Waals surface area contributed by atoms with Crippen LogP contribution in [0, 0.1) is 0 Å². The van der Waals surface area contributed by atoms with Gasteiger partial charge in [-0.1, -0.05) is 60.7 Å². The number of hydrogen-bond donors (Lipinski definition) is 2. The van der Waals surface area contributed by atoms with Gasteiger partial charge in [0.25, 0.3) is 0 Å². The van der Waals surface area contributed by atoms with Gasteiger partial charge in [-0.2, -0.15) is 0 Å². The molecule has 2 aromatic rings. The first-order valence-corrected chi connectivity index (χ1v) is 11.3. The molecule has 5 heteroatoms. The lowest BCUT2D eigenvalue weighted by molar-refractivity contribution is 0.280. The predicted octanol–water partition coefficient (Wildman–Crippen LogP) is 3.01. The van der Waals surface area contributed by atoms with Crippen LogP contribution in [0.5, 0.6) is 0 Å². The van der Waals surface area contributed by atoms with Gasteiger partial charge >= 0.3 is 0 Å². The summed E-state index contributed by atoms with van der Waals surface area (Å²) >= 11 is 0. The number of hydrogen-bond acceptors (Lipinski definition) is 3. The van der Waals surface area contributed by atoms with Crippen molar-refractivity contribution in [3.8, 4) is 0 Å². The first kappa shape index (κ1) is 22.3.